The third-order valence-corrected chi connectivity index (χ3v) is 11.3. The predicted molar refractivity (Wildman–Crippen MR) is 176 cm³/mol. The molecule has 0 aliphatic carbocycles. The van der Waals surface area contributed by atoms with Gasteiger partial charge in [-0.25, -0.2) is 0 Å². The van der Waals surface area contributed by atoms with E-state index in [9.17, 15) is 0 Å². The third kappa shape index (κ3) is 7.88. The van der Waals surface area contributed by atoms with Crippen molar-refractivity contribution in [3.05, 3.63) is 28.8 Å². The van der Waals surface area contributed by atoms with Crippen LogP contribution in [-0.4, -0.2) is 58.3 Å². The van der Waals surface area contributed by atoms with E-state index in [1.807, 2.05) is 0 Å². The Morgan fingerprint density at radius 3 is 1.20 bits per heavy atom. The topological polar surface area (TPSA) is 34.2 Å². The first kappa shape index (κ1) is 34.8. The van der Waals surface area contributed by atoms with Gasteiger partial charge in [-0.05, 0) is 113 Å². The van der Waals surface area contributed by atoms with Crippen molar-refractivity contribution < 1.29 is 13.6 Å². The molecule has 5 nitrogen and oxygen atoms in total. The highest BCUT2D eigenvalue weighted by atomic mass is 31.2. The van der Waals surface area contributed by atoms with Crippen LogP contribution in [0.2, 0.25) is 0 Å². The highest BCUT2D eigenvalue weighted by Gasteiger charge is 2.48. The molecule has 2 saturated heterocycles. The summed E-state index contributed by atoms with van der Waals surface area (Å²) in [5.74, 6) is 0.944. The monoisotopic (exact) mass is 590 g/mol. The molecule has 0 spiro atoms. The Kier molecular flexibility index (Phi) is 9.61. The number of rotatable bonds is 6. The lowest BCUT2D eigenvalue weighted by Crippen LogP contribution is -2.60. The van der Waals surface area contributed by atoms with Gasteiger partial charge < -0.3 is 4.52 Å². The van der Waals surface area contributed by atoms with Gasteiger partial charge in [-0.2, -0.15) is 0 Å². The molecule has 0 radical (unpaired) electrons. The molecule has 2 fully saturated rings. The maximum absolute atomic E-state index is 7.11. The minimum Gasteiger partial charge on any atom is -0.426 e. The molecule has 1 aromatic carbocycles. The fourth-order valence-corrected chi connectivity index (χ4v) is 8.35. The zero-order valence-corrected chi connectivity index (χ0v) is 30.6. The molecule has 2 heterocycles. The van der Waals surface area contributed by atoms with Crippen molar-refractivity contribution in [2.45, 2.75) is 175 Å². The van der Waals surface area contributed by atoms with Crippen molar-refractivity contribution >= 4 is 8.60 Å². The molecule has 2 aliphatic rings. The van der Waals surface area contributed by atoms with Crippen LogP contribution in [0, 0.1) is 6.92 Å². The molecule has 2 aliphatic heterocycles. The van der Waals surface area contributed by atoms with Crippen LogP contribution in [0.1, 0.15) is 139 Å². The van der Waals surface area contributed by atoms with Crippen LogP contribution in [-0.2, 0) is 19.9 Å². The Morgan fingerprint density at radius 2 is 0.927 bits per heavy atom. The first-order valence-corrected chi connectivity index (χ1v) is 16.8. The van der Waals surface area contributed by atoms with E-state index in [1.165, 1.54) is 16.7 Å². The number of aryl methyl sites for hydroxylation is 1. The molecule has 0 atom stereocenters. The van der Waals surface area contributed by atoms with Crippen molar-refractivity contribution in [2.75, 3.05) is 14.1 Å². The van der Waals surface area contributed by atoms with Crippen molar-refractivity contribution in [2.24, 2.45) is 0 Å². The van der Waals surface area contributed by atoms with Crippen LogP contribution < -0.4 is 4.52 Å². The molecule has 6 heteroatoms. The average Bonchev–Trinajstić information content (AvgIpc) is 2.74. The highest BCUT2D eigenvalue weighted by Crippen LogP contribution is 2.54. The summed E-state index contributed by atoms with van der Waals surface area (Å²) >= 11 is 0. The maximum Gasteiger partial charge on any atom is 0.397 e. The number of hydrogen-bond acceptors (Lipinski definition) is 5. The zero-order valence-electron chi connectivity index (χ0n) is 29.7. The van der Waals surface area contributed by atoms with E-state index in [4.69, 9.17) is 13.6 Å². The Hall–Kier alpha value is -0.710. The standard InChI is InChI=1S/C35H63N2O3P/c1-24-18-27(30(2,3)4)29(28(19-24)31(5,6)7)40-41(38-25-20-32(8,9)36(16)33(10,11)21-25)39-26-22-34(12,13)37(17)35(14,15)23-26/h18-19,25-26H,20-23H2,1-17H3. The molecule has 41 heavy (non-hydrogen) atoms. The van der Waals surface area contributed by atoms with E-state index in [0.717, 1.165) is 31.4 Å². The molecule has 0 amide bonds. The summed E-state index contributed by atoms with van der Waals surface area (Å²) in [6.45, 7) is 34.4. The van der Waals surface area contributed by atoms with Gasteiger partial charge in [0.15, 0.2) is 0 Å². The summed E-state index contributed by atoms with van der Waals surface area (Å²) in [7, 11) is 2.83. The maximum atomic E-state index is 7.11. The van der Waals surface area contributed by atoms with Gasteiger partial charge in [-0.15, -0.1) is 0 Å². The lowest BCUT2D eigenvalue weighted by molar-refractivity contribution is -0.0745. The van der Waals surface area contributed by atoms with Crippen molar-refractivity contribution in [3.63, 3.8) is 0 Å². The molecule has 236 valence electrons. The van der Waals surface area contributed by atoms with Gasteiger partial charge in [0.1, 0.15) is 5.75 Å². The van der Waals surface area contributed by atoms with Crippen molar-refractivity contribution in [3.8, 4) is 5.75 Å². The summed E-state index contributed by atoms with van der Waals surface area (Å²) in [4.78, 5) is 5.00. The van der Waals surface area contributed by atoms with Gasteiger partial charge in [0.05, 0.1) is 12.2 Å². The van der Waals surface area contributed by atoms with Crippen LogP contribution in [0.5, 0.6) is 5.75 Å². The Bertz CT molecular complexity index is 965. The van der Waals surface area contributed by atoms with Crippen molar-refractivity contribution in [1.82, 2.24) is 9.80 Å². The molecule has 0 unspecified atom stereocenters. The van der Waals surface area contributed by atoms with Gasteiger partial charge in [-0.3, -0.25) is 18.8 Å². The Morgan fingerprint density at radius 1 is 0.634 bits per heavy atom. The Balaban J connectivity index is 2.07. The average molecular weight is 591 g/mol. The summed E-state index contributed by atoms with van der Waals surface area (Å²) in [5, 5.41) is 0. The molecule has 0 N–H and O–H groups in total. The summed E-state index contributed by atoms with van der Waals surface area (Å²) in [5.41, 5.74) is 3.59. The minimum absolute atomic E-state index is 0.0158. The van der Waals surface area contributed by atoms with E-state index in [0.29, 0.717) is 0 Å². The summed E-state index contributed by atoms with van der Waals surface area (Å²) in [6, 6.07) is 4.59. The smallest absolute Gasteiger partial charge is 0.397 e. The second-order valence-electron chi connectivity index (χ2n) is 17.6. The van der Waals surface area contributed by atoms with Gasteiger partial charge >= 0.3 is 8.60 Å². The van der Waals surface area contributed by atoms with Crippen molar-refractivity contribution in [1.29, 1.82) is 0 Å². The predicted octanol–water partition coefficient (Wildman–Crippen LogP) is 9.53. The number of nitrogens with zero attached hydrogens (tertiary/aromatic N) is 2. The summed E-state index contributed by atoms with van der Waals surface area (Å²) in [6.07, 6.45) is 3.86. The van der Waals surface area contributed by atoms with E-state index < -0.39 is 8.60 Å². The number of hydrogen-bond donors (Lipinski definition) is 0. The minimum atomic E-state index is -1.65. The molecule has 0 saturated carbocycles. The third-order valence-electron chi connectivity index (χ3n) is 10.0. The molecule has 0 aromatic heterocycles. The van der Waals surface area contributed by atoms with Gasteiger partial charge in [0.25, 0.3) is 0 Å². The molecule has 3 rings (SSSR count). The lowest BCUT2D eigenvalue weighted by Gasteiger charge is -2.54. The first-order valence-electron chi connectivity index (χ1n) is 15.7. The van der Waals surface area contributed by atoms with Crippen LogP contribution in [0.25, 0.3) is 0 Å². The number of benzene rings is 1. The summed E-state index contributed by atoms with van der Waals surface area (Å²) < 4.78 is 21.2. The Labute approximate surface area is 255 Å². The quantitative estimate of drug-likeness (QED) is 0.308. The molecular weight excluding hydrogens is 527 g/mol. The fraction of sp³-hybridized carbons (Fsp3) is 0.829. The van der Waals surface area contributed by atoms with Gasteiger partial charge in [0.2, 0.25) is 0 Å². The normalized spacial score (nSPS) is 24.1. The number of likely N-dealkylation sites (tertiary alicyclic amines) is 2. The van der Waals surface area contributed by atoms with Crippen LogP contribution >= 0.6 is 8.60 Å². The van der Waals surface area contributed by atoms with E-state index in [2.05, 4.69) is 140 Å². The molecular formula is C35H63N2O3P. The largest absolute Gasteiger partial charge is 0.426 e. The lowest BCUT2D eigenvalue weighted by atomic mass is 9.78. The van der Waals surface area contributed by atoms with E-state index in [1.54, 1.807) is 0 Å². The molecule has 1 aromatic rings. The number of piperidine rings is 2. The zero-order chi connectivity index (χ0) is 31.6. The second-order valence-corrected chi connectivity index (χ2v) is 18.7. The van der Waals surface area contributed by atoms with E-state index in [-0.39, 0.29) is 45.2 Å². The van der Waals surface area contributed by atoms with E-state index >= 15 is 0 Å². The van der Waals surface area contributed by atoms with Gasteiger partial charge in [0, 0.05) is 33.3 Å². The van der Waals surface area contributed by atoms with Crippen LogP contribution in [0.4, 0.5) is 0 Å². The second kappa shape index (κ2) is 11.3. The highest BCUT2D eigenvalue weighted by molar-refractivity contribution is 7.42. The first-order chi connectivity index (χ1) is 18.3. The van der Waals surface area contributed by atoms with Gasteiger partial charge in [-0.1, -0.05) is 59.2 Å². The van der Waals surface area contributed by atoms with Crippen LogP contribution in [0.3, 0.4) is 0 Å². The SMILES string of the molecule is Cc1cc(C(C)(C)C)c(OP(OC2CC(C)(C)N(C)C(C)(C)C2)OC2CC(C)(C)N(C)C(C)(C)C2)c(C(C)(C)C)c1. The molecule has 0 bridgehead atoms. The van der Waals surface area contributed by atoms with Crippen LogP contribution in [0.15, 0.2) is 12.1 Å². The fourth-order valence-electron chi connectivity index (χ4n) is 7.08.